The van der Waals surface area contributed by atoms with Crippen LogP contribution in [0.5, 0.6) is 0 Å². The molecule has 3 N–H and O–H groups in total. The zero-order chi connectivity index (χ0) is 15.4. The van der Waals surface area contributed by atoms with Crippen LogP contribution in [0.4, 0.5) is 0 Å². The van der Waals surface area contributed by atoms with E-state index in [4.69, 9.17) is 5.84 Å². The number of nitrogens with zero attached hydrogens (tertiary/aromatic N) is 3. The molecule has 116 valence electrons. The van der Waals surface area contributed by atoms with E-state index in [0.29, 0.717) is 0 Å². The maximum atomic E-state index is 5.74. The lowest BCUT2D eigenvalue weighted by Gasteiger charge is -2.15. The Morgan fingerprint density at radius 3 is 2.71 bits per heavy atom. The number of thiazole rings is 1. The number of hydrogen-bond donors (Lipinski definition) is 2. The maximum absolute atomic E-state index is 5.74. The molecule has 2 aromatic rings. The van der Waals surface area contributed by atoms with E-state index in [2.05, 4.69) is 55.3 Å². The minimum absolute atomic E-state index is 0.151. The zero-order valence-corrected chi connectivity index (χ0v) is 15.1. The number of rotatable bonds is 7. The van der Waals surface area contributed by atoms with Gasteiger partial charge in [-0.2, -0.15) is 5.10 Å². The number of hydrazine groups is 1. The standard InChI is InChI=1S/C14H22BrN5S/c1-4-11-14(15)12(20(5-2)19-11)6-10(18-16)7-13-17-9(3)8-21-13/h8,10,18H,4-7,16H2,1-3H3. The lowest BCUT2D eigenvalue weighted by atomic mass is 10.1. The smallest absolute Gasteiger partial charge is 0.0944 e. The van der Waals surface area contributed by atoms with Gasteiger partial charge in [0, 0.05) is 36.5 Å². The summed E-state index contributed by atoms with van der Waals surface area (Å²) in [6, 6.07) is 0.151. The third-order valence-corrected chi connectivity index (χ3v) is 5.36. The van der Waals surface area contributed by atoms with Crippen LogP contribution in [0.15, 0.2) is 9.85 Å². The van der Waals surface area contributed by atoms with E-state index in [1.165, 1.54) is 5.69 Å². The van der Waals surface area contributed by atoms with E-state index in [1.54, 1.807) is 11.3 Å². The quantitative estimate of drug-likeness (QED) is 0.579. The molecule has 0 amide bonds. The molecule has 0 aromatic carbocycles. The van der Waals surface area contributed by atoms with Crippen molar-refractivity contribution in [2.24, 2.45) is 5.84 Å². The molecular weight excluding hydrogens is 350 g/mol. The van der Waals surface area contributed by atoms with Crippen LogP contribution >= 0.6 is 27.3 Å². The molecule has 1 unspecified atom stereocenters. The molecule has 0 aliphatic heterocycles. The molecule has 2 aromatic heterocycles. The van der Waals surface area contributed by atoms with E-state index in [0.717, 1.165) is 46.7 Å². The molecule has 0 aliphatic rings. The molecule has 0 saturated heterocycles. The second-order valence-corrected chi connectivity index (χ2v) is 6.77. The van der Waals surface area contributed by atoms with Crippen molar-refractivity contribution < 1.29 is 0 Å². The normalized spacial score (nSPS) is 12.8. The number of nitrogens with one attached hydrogen (secondary N) is 1. The van der Waals surface area contributed by atoms with Crippen molar-refractivity contribution in [3.63, 3.8) is 0 Å². The first-order valence-electron chi connectivity index (χ1n) is 7.20. The van der Waals surface area contributed by atoms with Gasteiger partial charge < -0.3 is 0 Å². The van der Waals surface area contributed by atoms with Crippen molar-refractivity contribution in [1.82, 2.24) is 20.2 Å². The van der Waals surface area contributed by atoms with Gasteiger partial charge in [-0.1, -0.05) is 6.92 Å². The molecule has 0 fully saturated rings. The first-order valence-corrected chi connectivity index (χ1v) is 8.87. The second kappa shape index (κ2) is 7.49. The Morgan fingerprint density at radius 1 is 1.43 bits per heavy atom. The fourth-order valence-electron chi connectivity index (χ4n) is 2.34. The Balaban J connectivity index is 2.16. The largest absolute Gasteiger partial charge is 0.271 e. The van der Waals surface area contributed by atoms with Crippen LogP contribution in [-0.4, -0.2) is 20.8 Å². The van der Waals surface area contributed by atoms with Crippen LogP contribution < -0.4 is 11.3 Å². The SMILES string of the molecule is CCc1nn(CC)c(CC(Cc2nc(C)cs2)NN)c1Br. The summed E-state index contributed by atoms with van der Waals surface area (Å²) < 4.78 is 3.17. The minimum atomic E-state index is 0.151. The first kappa shape index (κ1) is 16.6. The summed E-state index contributed by atoms with van der Waals surface area (Å²) in [4.78, 5) is 4.52. The van der Waals surface area contributed by atoms with E-state index >= 15 is 0 Å². The number of hydrogen-bond acceptors (Lipinski definition) is 5. The van der Waals surface area contributed by atoms with Crippen molar-refractivity contribution >= 4 is 27.3 Å². The Morgan fingerprint density at radius 2 is 2.19 bits per heavy atom. The predicted molar refractivity (Wildman–Crippen MR) is 90.3 cm³/mol. The monoisotopic (exact) mass is 371 g/mol. The van der Waals surface area contributed by atoms with Gasteiger partial charge in [0.2, 0.25) is 0 Å². The molecule has 7 heteroatoms. The van der Waals surface area contributed by atoms with Gasteiger partial charge in [-0.3, -0.25) is 16.0 Å². The average Bonchev–Trinajstić information content (AvgIpc) is 3.02. The highest BCUT2D eigenvalue weighted by Crippen LogP contribution is 2.24. The van der Waals surface area contributed by atoms with Gasteiger partial charge in [0.1, 0.15) is 0 Å². The Hall–Kier alpha value is -0.760. The summed E-state index contributed by atoms with van der Waals surface area (Å²) >= 11 is 5.37. The van der Waals surface area contributed by atoms with Gasteiger partial charge in [-0.15, -0.1) is 11.3 Å². The Labute approximate surface area is 138 Å². The van der Waals surface area contributed by atoms with Crippen molar-refractivity contribution in [3.8, 4) is 0 Å². The summed E-state index contributed by atoms with van der Waals surface area (Å²) in [5.41, 5.74) is 6.29. The maximum Gasteiger partial charge on any atom is 0.0944 e. The molecule has 2 heterocycles. The van der Waals surface area contributed by atoms with Crippen molar-refractivity contribution in [2.75, 3.05) is 0 Å². The third-order valence-electron chi connectivity index (χ3n) is 3.46. The van der Waals surface area contributed by atoms with E-state index in [-0.39, 0.29) is 6.04 Å². The molecule has 0 bridgehead atoms. The summed E-state index contributed by atoms with van der Waals surface area (Å²) in [6.07, 6.45) is 2.58. The predicted octanol–water partition coefficient (Wildman–Crippen LogP) is 2.61. The number of aryl methyl sites for hydroxylation is 3. The molecule has 0 radical (unpaired) electrons. The zero-order valence-electron chi connectivity index (χ0n) is 12.7. The fourth-order valence-corrected chi connectivity index (χ4v) is 3.92. The van der Waals surface area contributed by atoms with E-state index < -0.39 is 0 Å². The van der Waals surface area contributed by atoms with Crippen molar-refractivity contribution in [1.29, 1.82) is 0 Å². The lowest BCUT2D eigenvalue weighted by molar-refractivity contribution is 0.494. The topological polar surface area (TPSA) is 68.8 Å². The number of nitrogens with two attached hydrogens (primary N) is 1. The molecular formula is C14H22BrN5S. The van der Waals surface area contributed by atoms with Gasteiger partial charge >= 0.3 is 0 Å². The molecule has 0 aliphatic carbocycles. The van der Waals surface area contributed by atoms with Gasteiger partial charge in [0.15, 0.2) is 0 Å². The summed E-state index contributed by atoms with van der Waals surface area (Å²) in [6.45, 7) is 7.11. The molecule has 0 saturated carbocycles. The molecule has 1 atom stereocenters. The summed E-state index contributed by atoms with van der Waals surface area (Å²) in [7, 11) is 0. The van der Waals surface area contributed by atoms with Crippen LogP contribution in [-0.2, 0) is 25.8 Å². The summed E-state index contributed by atoms with van der Waals surface area (Å²) in [5.74, 6) is 5.74. The van der Waals surface area contributed by atoms with Gasteiger partial charge in [0.05, 0.1) is 20.9 Å². The number of aromatic nitrogens is 3. The average molecular weight is 372 g/mol. The molecule has 2 rings (SSSR count). The second-order valence-electron chi connectivity index (χ2n) is 5.03. The minimum Gasteiger partial charge on any atom is -0.271 e. The van der Waals surface area contributed by atoms with Gasteiger partial charge in [-0.25, -0.2) is 4.98 Å². The highest BCUT2D eigenvalue weighted by Gasteiger charge is 2.19. The highest BCUT2D eigenvalue weighted by atomic mass is 79.9. The van der Waals surface area contributed by atoms with E-state index in [1.807, 2.05) is 6.92 Å². The molecule has 21 heavy (non-hydrogen) atoms. The van der Waals surface area contributed by atoms with Gasteiger partial charge in [-0.05, 0) is 36.2 Å². The Bertz CT molecular complexity index is 592. The first-order chi connectivity index (χ1) is 10.1. The van der Waals surface area contributed by atoms with Crippen LogP contribution in [0.25, 0.3) is 0 Å². The summed E-state index contributed by atoms with van der Waals surface area (Å²) in [5, 5.41) is 7.82. The van der Waals surface area contributed by atoms with Crippen molar-refractivity contribution in [3.05, 3.63) is 31.9 Å². The van der Waals surface area contributed by atoms with Crippen LogP contribution in [0, 0.1) is 6.92 Å². The fraction of sp³-hybridized carbons (Fsp3) is 0.571. The third kappa shape index (κ3) is 3.91. The highest BCUT2D eigenvalue weighted by molar-refractivity contribution is 9.10. The number of halogens is 1. The van der Waals surface area contributed by atoms with Crippen molar-refractivity contribution in [2.45, 2.75) is 52.6 Å². The van der Waals surface area contributed by atoms with Gasteiger partial charge in [0.25, 0.3) is 0 Å². The van der Waals surface area contributed by atoms with Crippen LogP contribution in [0.2, 0.25) is 0 Å². The van der Waals surface area contributed by atoms with Crippen LogP contribution in [0.3, 0.4) is 0 Å². The lowest BCUT2D eigenvalue weighted by Crippen LogP contribution is -2.39. The molecule has 0 spiro atoms. The van der Waals surface area contributed by atoms with E-state index in [9.17, 15) is 0 Å². The Kier molecular flexibility index (Phi) is 5.92. The van der Waals surface area contributed by atoms with Crippen LogP contribution in [0.1, 0.15) is 35.9 Å². The molecule has 5 nitrogen and oxygen atoms in total.